The average Bonchev–Trinajstić information content (AvgIpc) is 2.64. The van der Waals surface area contributed by atoms with E-state index in [0.29, 0.717) is 0 Å². The lowest BCUT2D eigenvalue weighted by atomic mass is 10.2. The summed E-state index contributed by atoms with van der Waals surface area (Å²) in [5, 5.41) is 0. The molecule has 0 amide bonds. The Morgan fingerprint density at radius 2 is 1.58 bits per heavy atom. The third kappa shape index (κ3) is 4.46. The van der Waals surface area contributed by atoms with Crippen LogP contribution in [0.15, 0.2) is 53.4 Å². The number of ether oxygens (including phenoxy) is 1. The molecule has 128 valence electrons. The summed E-state index contributed by atoms with van der Waals surface area (Å²) in [5.74, 6) is 2.05. The highest BCUT2D eigenvalue weighted by Crippen LogP contribution is 2.22. The summed E-state index contributed by atoms with van der Waals surface area (Å²) in [7, 11) is 1.71. The predicted octanol–water partition coefficient (Wildman–Crippen LogP) is 4.13. The van der Waals surface area contributed by atoms with Crippen LogP contribution in [0.1, 0.15) is 12.5 Å². The van der Waals surface area contributed by atoms with Gasteiger partial charge in [0, 0.05) is 43.3 Å². The fourth-order valence-corrected chi connectivity index (χ4v) is 3.74. The zero-order valence-corrected chi connectivity index (χ0v) is 15.4. The second kappa shape index (κ2) is 8.45. The number of thioether (sulfide) groups is 1. The van der Waals surface area contributed by atoms with E-state index in [1.165, 1.54) is 16.1 Å². The van der Waals surface area contributed by atoms with Crippen LogP contribution in [-0.4, -0.2) is 43.9 Å². The van der Waals surface area contributed by atoms with Crippen LogP contribution in [-0.2, 0) is 6.54 Å². The number of piperazine rings is 1. The van der Waals surface area contributed by atoms with E-state index >= 15 is 0 Å². The highest BCUT2D eigenvalue weighted by molar-refractivity contribution is 7.99. The van der Waals surface area contributed by atoms with Crippen molar-refractivity contribution in [3.8, 4) is 5.75 Å². The van der Waals surface area contributed by atoms with Crippen molar-refractivity contribution in [1.29, 1.82) is 0 Å². The molecule has 4 heteroatoms. The lowest BCUT2D eigenvalue weighted by Gasteiger charge is -2.36. The molecule has 3 nitrogen and oxygen atoms in total. The van der Waals surface area contributed by atoms with Crippen molar-refractivity contribution < 1.29 is 4.74 Å². The molecule has 1 fully saturated rings. The lowest BCUT2D eigenvalue weighted by Crippen LogP contribution is -2.45. The molecule has 3 rings (SSSR count). The molecule has 2 aromatic carbocycles. The molecule has 24 heavy (non-hydrogen) atoms. The summed E-state index contributed by atoms with van der Waals surface area (Å²) in [6, 6.07) is 17.4. The van der Waals surface area contributed by atoms with E-state index in [1.54, 1.807) is 7.11 Å². The molecule has 0 saturated carbocycles. The quantitative estimate of drug-likeness (QED) is 0.733. The van der Waals surface area contributed by atoms with Crippen molar-refractivity contribution in [3.05, 3.63) is 54.1 Å². The topological polar surface area (TPSA) is 15.7 Å². The molecule has 0 spiro atoms. The van der Waals surface area contributed by atoms with Crippen molar-refractivity contribution >= 4 is 17.4 Å². The fraction of sp³-hybridized carbons (Fsp3) is 0.400. The molecule has 0 aromatic heterocycles. The molecule has 0 bridgehead atoms. The van der Waals surface area contributed by atoms with Gasteiger partial charge >= 0.3 is 0 Å². The van der Waals surface area contributed by atoms with Crippen LogP contribution in [0.4, 0.5) is 5.69 Å². The SMILES string of the molecule is CCSc1ccc(CN2CCN(c3ccc(OC)cc3)CC2)cc1. The Hall–Kier alpha value is -1.65. The number of benzene rings is 2. The van der Waals surface area contributed by atoms with Crippen LogP contribution < -0.4 is 9.64 Å². The molecule has 0 unspecified atom stereocenters. The first-order valence-electron chi connectivity index (χ1n) is 8.61. The third-order valence-electron chi connectivity index (χ3n) is 4.45. The molecular weight excluding hydrogens is 316 g/mol. The van der Waals surface area contributed by atoms with E-state index in [4.69, 9.17) is 4.74 Å². The summed E-state index contributed by atoms with van der Waals surface area (Å²) in [6.45, 7) is 7.62. The maximum absolute atomic E-state index is 5.24. The van der Waals surface area contributed by atoms with Gasteiger partial charge in [-0.3, -0.25) is 4.90 Å². The number of methoxy groups -OCH3 is 1. The minimum Gasteiger partial charge on any atom is -0.497 e. The molecule has 0 radical (unpaired) electrons. The van der Waals surface area contributed by atoms with E-state index < -0.39 is 0 Å². The van der Waals surface area contributed by atoms with Gasteiger partial charge in [-0.2, -0.15) is 0 Å². The minimum atomic E-state index is 0.919. The number of nitrogens with zero attached hydrogens (tertiary/aromatic N) is 2. The Morgan fingerprint density at radius 3 is 2.17 bits per heavy atom. The highest BCUT2D eigenvalue weighted by atomic mass is 32.2. The highest BCUT2D eigenvalue weighted by Gasteiger charge is 2.17. The van der Waals surface area contributed by atoms with E-state index in [2.05, 4.69) is 53.1 Å². The molecule has 1 saturated heterocycles. The van der Waals surface area contributed by atoms with Gasteiger partial charge < -0.3 is 9.64 Å². The monoisotopic (exact) mass is 342 g/mol. The molecular formula is C20H26N2OS. The van der Waals surface area contributed by atoms with Gasteiger partial charge in [-0.25, -0.2) is 0 Å². The minimum absolute atomic E-state index is 0.919. The largest absolute Gasteiger partial charge is 0.497 e. The molecule has 1 heterocycles. The van der Waals surface area contributed by atoms with E-state index in [-0.39, 0.29) is 0 Å². The number of rotatable bonds is 6. The molecule has 0 N–H and O–H groups in total. The molecule has 0 aliphatic carbocycles. The smallest absolute Gasteiger partial charge is 0.119 e. The van der Waals surface area contributed by atoms with Gasteiger partial charge in [0.25, 0.3) is 0 Å². The predicted molar refractivity (Wildman–Crippen MR) is 103 cm³/mol. The molecule has 1 aliphatic rings. The first kappa shape index (κ1) is 17.2. The Morgan fingerprint density at radius 1 is 0.917 bits per heavy atom. The Bertz CT molecular complexity index is 619. The van der Waals surface area contributed by atoms with E-state index in [0.717, 1.165) is 44.2 Å². The van der Waals surface area contributed by atoms with Gasteiger partial charge in [0.05, 0.1) is 7.11 Å². The van der Waals surface area contributed by atoms with Gasteiger partial charge in [0.2, 0.25) is 0 Å². The summed E-state index contributed by atoms with van der Waals surface area (Å²) in [4.78, 5) is 6.37. The molecule has 2 aromatic rings. The lowest BCUT2D eigenvalue weighted by molar-refractivity contribution is 0.250. The zero-order valence-electron chi connectivity index (χ0n) is 14.6. The van der Waals surface area contributed by atoms with Gasteiger partial charge in [0.15, 0.2) is 0 Å². The standard InChI is InChI=1S/C20H26N2OS/c1-3-24-20-10-4-17(5-11-20)16-21-12-14-22(15-13-21)18-6-8-19(23-2)9-7-18/h4-11H,3,12-16H2,1-2H3. The van der Waals surface area contributed by atoms with Crippen molar-refractivity contribution in [2.75, 3.05) is 43.9 Å². The van der Waals surface area contributed by atoms with Crippen molar-refractivity contribution in [2.45, 2.75) is 18.4 Å². The van der Waals surface area contributed by atoms with Crippen LogP contribution in [0.5, 0.6) is 5.75 Å². The van der Waals surface area contributed by atoms with Crippen molar-refractivity contribution in [3.63, 3.8) is 0 Å². The first-order chi connectivity index (χ1) is 11.8. The van der Waals surface area contributed by atoms with Crippen molar-refractivity contribution in [1.82, 2.24) is 4.90 Å². The average molecular weight is 343 g/mol. The second-order valence-electron chi connectivity index (χ2n) is 6.04. The van der Waals surface area contributed by atoms with Gasteiger partial charge in [-0.05, 0) is 47.7 Å². The molecule has 1 aliphatic heterocycles. The van der Waals surface area contributed by atoms with Crippen molar-refractivity contribution in [2.24, 2.45) is 0 Å². The van der Waals surface area contributed by atoms with E-state index in [1.807, 2.05) is 23.9 Å². The van der Waals surface area contributed by atoms with Crippen LogP contribution in [0, 0.1) is 0 Å². The number of anilines is 1. The Balaban J connectivity index is 1.51. The van der Waals surface area contributed by atoms with Gasteiger partial charge in [-0.1, -0.05) is 19.1 Å². The number of hydrogen-bond donors (Lipinski definition) is 0. The maximum atomic E-state index is 5.24. The summed E-state index contributed by atoms with van der Waals surface area (Å²) < 4.78 is 5.24. The number of hydrogen-bond acceptors (Lipinski definition) is 4. The van der Waals surface area contributed by atoms with Crippen LogP contribution in [0.2, 0.25) is 0 Å². The second-order valence-corrected chi connectivity index (χ2v) is 7.38. The summed E-state index contributed by atoms with van der Waals surface area (Å²) in [6.07, 6.45) is 0. The summed E-state index contributed by atoms with van der Waals surface area (Å²) >= 11 is 1.90. The normalized spacial score (nSPS) is 15.5. The maximum Gasteiger partial charge on any atom is 0.119 e. The van der Waals surface area contributed by atoms with Gasteiger partial charge in [-0.15, -0.1) is 11.8 Å². The van der Waals surface area contributed by atoms with Gasteiger partial charge in [0.1, 0.15) is 5.75 Å². The molecule has 0 atom stereocenters. The third-order valence-corrected chi connectivity index (χ3v) is 5.34. The Labute approximate surface area is 149 Å². The van der Waals surface area contributed by atoms with Crippen LogP contribution in [0.3, 0.4) is 0 Å². The van der Waals surface area contributed by atoms with Crippen LogP contribution in [0.25, 0.3) is 0 Å². The van der Waals surface area contributed by atoms with Crippen LogP contribution >= 0.6 is 11.8 Å². The zero-order chi connectivity index (χ0) is 16.8. The Kier molecular flexibility index (Phi) is 6.05. The van der Waals surface area contributed by atoms with E-state index in [9.17, 15) is 0 Å². The summed E-state index contributed by atoms with van der Waals surface area (Å²) in [5.41, 5.74) is 2.70. The fourth-order valence-electron chi connectivity index (χ4n) is 3.07. The first-order valence-corrected chi connectivity index (χ1v) is 9.60.